The van der Waals surface area contributed by atoms with E-state index in [1.165, 1.54) is 5.69 Å². The van der Waals surface area contributed by atoms with Crippen molar-refractivity contribution >= 4 is 5.82 Å². The highest BCUT2D eigenvalue weighted by molar-refractivity contribution is 5.35. The van der Waals surface area contributed by atoms with E-state index in [0.717, 1.165) is 38.5 Å². The van der Waals surface area contributed by atoms with E-state index in [0.29, 0.717) is 12.0 Å². The van der Waals surface area contributed by atoms with Crippen LogP contribution in [0.5, 0.6) is 0 Å². The van der Waals surface area contributed by atoms with Crippen molar-refractivity contribution in [1.29, 1.82) is 0 Å². The molecule has 0 amide bonds. The fraction of sp³-hybridized carbons (Fsp3) is 0.769. The van der Waals surface area contributed by atoms with Gasteiger partial charge < -0.3 is 15.4 Å². The summed E-state index contributed by atoms with van der Waals surface area (Å²) in [6.45, 7) is 7.88. The molecule has 102 valence electrons. The summed E-state index contributed by atoms with van der Waals surface area (Å²) >= 11 is 0. The van der Waals surface area contributed by atoms with Gasteiger partial charge in [0.2, 0.25) is 0 Å². The number of nitrogens with zero attached hydrogens (tertiary/aromatic N) is 2. The Morgan fingerprint density at radius 1 is 1.50 bits per heavy atom. The van der Waals surface area contributed by atoms with Crippen molar-refractivity contribution in [2.75, 3.05) is 31.6 Å². The summed E-state index contributed by atoms with van der Waals surface area (Å²) in [4.78, 5) is 0. The number of ether oxygens (including phenoxy) is 1. The molecule has 2 heterocycles. The van der Waals surface area contributed by atoms with Gasteiger partial charge in [0.1, 0.15) is 5.82 Å². The van der Waals surface area contributed by atoms with E-state index in [-0.39, 0.29) is 0 Å². The van der Waals surface area contributed by atoms with Gasteiger partial charge in [-0.2, -0.15) is 5.10 Å². The molecule has 1 aliphatic heterocycles. The Bertz CT molecular complexity index is 358. The molecule has 1 saturated heterocycles. The largest absolute Gasteiger partial charge is 0.379 e. The first-order chi connectivity index (χ1) is 8.70. The van der Waals surface area contributed by atoms with Crippen molar-refractivity contribution < 1.29 is 4.74 Å². The van der Waals surface area contributed by atoms with Crippen LogP contribution in [-0.4, -0.2) is 42.1 Å². The molecular weight excluding hydrogens is 228 g/mol. The first-order valence-corrected chi connectivity index (χ1v) is 6.76. The van der Waals surface area contributed by atoms with Crippen molar-refractivity contribution in [2.45, 2.75) is 26.3 Å². The van der Waals surface area contributed by atoms with Crippen LogP contribution >= 0.6 is 0 Å². The molecule has 0 spiro atoms. The molecule has 2 unspecified atom stereocenters. The summed E-state index contributed by atoms with van der Waals surface area (Å²) in [5.41, 5.74) is 1.17. The van der Waals surface area contributed by atoms with Gasteiger partial charge in [0.15, 0.2) is 0 Å². The van der Waals surface area contributed by atoms with Crippen molar-refractivity contribution in [3.05, 3.63) is 11.8 Å². The third-order valence-electron chi connectivity index (χ3n) is 3.51. The molecule has 0 aliphatic carbocycles. The summed E-state index contributed by atoms with van der Waals surface area (Å²) < 4.78 is 7.45. The van der Waals surface area contributed by atoms with Gasteiger partial charge in [-0.05, 0) is 19.9 Å². The number of hydrogen-bond donors (Lipinski definition) is 2. The van der Waals surface area contributed by atoms with Crippen LogP contribution in [0.15, 0.2) is 6.07 Å². The molecule has 0 aromatic carbocycles. The summed E-state index contributed by atoms with van der Waals surface area (Å²) in [7, 11) is 1.96. The minimum Gasteiger partial charge on any atom is -0.379 e. The number of aryl methyl sites for hydroxylation is 2. The second-order valence-corrected chi connectivity index (χ2v) is 5.03. The highest BCUT2D eigenvalue weighted by Crippen LogP contribution is 2.15. The van der Waals surface area contributed by atoms with Crippen LogP contribution in [0.3, 0.4) is 0 Å². The predicted octanol–water partition coefficient (Wildman–Crippen LogP) is 1.16. The maximum atomic E-state index is 5.56. The third kappa shape index (κ3) is 3.23. The third-order valence-corrected chi connectivity index (χ3v) is 3.51. The van der Waals surface area contributed by atoms with E-state index in [1.807, 2.05) is 11.7 Å². The average Bonchev–Trinajstić information content (AvgIpc) is 2.92. The zero-order chi connectivity index (χ0) is 13.0. The van der Waals surface area contributed by atoms with Gasteiger partial charge >= 0.3 is 0 Å². The highest BCUT2D eigenvalue weighted by Gasteiger charge is 2.27. The lowest BCUT2D eigenvalue weighted by Crippen LogP contribution is -2.38. The van der Waals surface area contributed by atoms with E-state index >= 15 is 0 Å². The van der Waals surface area contributed by atoms with Crippen LogP contribution in [0.25, 0.3) is 0 Å². The first kappa shape index (κ1) is 13.4. The number of nitrogens with one attached hydrogen (secondary N) is 2. The van der Waals surface area contributed by atoms with Crippen LogP contribution < -0.4 is 10.6 Å². The minimum absolute atomic E-state index is 0.474. The summed E-state index contributed by atoms with van der Waals surface area (Å²) in [5.74, 6) is 1.48. The van der Waals surface area contributed by atoms with Crippen molar-refractivity contribution in [3.8, 4) is 0 Å². The lowest BCUT2D eigenvalue weighted by Gasteiger charge is -2.18. The Morgan fingerprint density at radius 3 is 3.00 bits per heavy atom. The molecular formula is C13H24N4O. The van der Waals surface area contributed by atoms with E-state index in [9.17, 15) is 0 Å². The second kappa shape index (κ2) is 6.20. The topological polar surface area (TPSA) is 51.1 Å². The number of aromatic nitrogens is 2. The van der Waals surface area contributed by atoms with Gasteiger partial charge in [-0.3, -0.25) is 4.68 Å². The molecule has 1 fully saturated rings. The SMILES string of the molecule is CCCNC1COCC1CNc1cc(C)n(C)n1. The number of hydrogen-bond acceptors (Lipinski definition) is 4. The lowest BCUT2D eigenvalue weighted by atomic mass is 10.0. The molecule has 5 heteroatoms. The molecule has 1 aromatic heterocycles. The number of rotatable bonds is 6. The maximum absolute atomic E-state index is 5.56. The van der Waals surface area contributed by atoms with Gasteiger partial charge in [0.25, 0.3) is 0 Å². The monoisotopic (exact) mass is 252 g/mol. The molecule has 1 aliphatic rings. The molecule has 0 radical (unpaired) electrons. The van der Waals surface area contributed by atoms with Crippen LogP contribution in [0, 0.1) is 12.8 Å². The predicted molar refractivity (Wildman–Crippen MR) is 72.8 cm³/mol. The molecule has 18 heavy (non-hydrogen) atoms. The second-order valence-electron chi connectivity index (χ2n) is 5.03. The quantitative estimate of drug-likeness (QED) is 0.797. The summed E-state index contributed by atoms with van der Waals surface area (Å²) in [6.07, 6.45) is 1.16. The average molecular weight is 252 g/mol. The van der Waals surface area contributed by atoms with Gasteiger partial charge in [-0.25, -0.2) is 0 Å². The van der Waals surface area contributed by atoms with Gasteiger partial charge in [-0.1, -0.05) is 6.92 Å². The fourth-order valence-electron chi connectivity index (χ4n) is 2.24. The van der Waals surface area contributed by atoms with E-state index in [4.69, 9.17) is 4.74 Å². The first-order valence-electron chi connectivity index (χ1n) is 6.76. The van der Waals surface area contributed by atoms with Crippen LogP contribution in [0.4, 0.5) is 5.82 Å². The Morgan fingerprint density at radius 2 is 2.33 bits per heavy atom. The fourth-order valence-corrected chi connectivity index (χ4v) is 2.24. The van der Waals surface area contributed by atoms with Crippen molar-refractivity contribution in [3.63, 3.8) is 0 Å². The van der Waals surface area contributed by atoms with E-state index < -0.39 is 0 Å². The number of anilines is 1. The molecule has 5 nitrogen and oxygen atoms in total. The molecule has 1 aromatic rings. The molecule has 2 atom stereocenters. The molecule has 0 bridgehead atoms. The minimum atomic E-state index is 0.474. The Balaban J connectivity index is 1.81. The van der Waals surface area contributed by atoms with Gasteiger partial charge in [-0.15, -0.1) is 0 Å². The Hall–Kier alpha value is -1.07. The smallest absolute Gasteiger partial charge is 0.148 e. The van der Waals surface area contributed by atoms with Gasteiger partial charge in [0, 0.05) is 37.3 Å². The molecule has 2 N–H and O–H groups in total. The van der Waals surface area contributed by atoms with E-state index in [1.54, 1.807) is 0 Å². The highest BCUT2D eigenvalue weighted by atomic mass is 16.5. The van der Waals surface area contributed by atoms with Crippen molar-refractivity contribution in [2.24, 2.45) is 13.0 Å². The normalized spacial score (nSPS) is 23.5. The molecule has 0 saturated carbocycles. The van der Waals surface area contributed by atoms with Crippen LogP contribution in [0.1, 0.15) is 19.0 Å². The van der Waals surface area contributed by atoms with Crippen LogP contribution in [-0.2, 0) is 11.8 Å². The zero-order valence-electron chi connectivity index (χ0n) is 11.6. The van der Waals surface area contributed by atoms with E-state index in [2.05, 4.69) is 35.6 Å². The summed E-state index contributed by atoms with van der Waals surface area (Å²) in [6, 6.07) is 2.55. The maximum Gasteiger partial charge on any atom is 0.148 e. The molecule has 2 rings (SSSR count). The summed E-state index contributed by atoms with van der Waals surface area (Å²) in [5, 5.41) is 11.3. The van der Waals surface area contributed by atoms with Crippen LogP contribution in [0.2, 0.25) is 0 Å². The Kier molecular flexibility index (Phi) is 4.60. The zero-order valence-corrected chi connectivity index (χ0v) is 11.6. The van der Waals surface area contributed by atoms with Gasteiger partial charge in [0.05, 0.1) is 13.2 Å². The Labute approximate surface area is 109 Å². The lowest BCUT2D eigenvalue weighted by molar-refractivity contribution is 0.183. The van der Waals surface area contributed by atoms with Crippen molar-refractivity contribution in [1.82, 2.24) is 15.1 Å². The standard InChI is InChI=1S/C13H24N4O/c1-4-5-14-12-9-18-8-11(12)7-15-13-6-10(2)17(3)16-13/h6,11-12,14H,4-5,7-9H2,1-3H3,(H,15,16).